The SMILES string of the molecule is Cl.NC(Cc1cnc[nH]1)C(=O)O.NC(Cc1cnc[nH]1)C(=O)O.O=S(=O)(O)O. The predicted molar refractivity (Wildman–Crippen MR) is 97.2 cm³/mol. The molecule has 0 bridgehead atoms. The molecule has 2 aromatic rings. The molecule has 2 heterocycles. The molecule has 10 N–H and O–H groups in total. The van der Waals surface area contributed by atoms with E-state index in [0.29, 0.717) is 0 Å². The fourth-order valence-electron chi connectivity index (χ4n) is 1.44. The third-order valence-electron chi connectivity index (χ3n) is 2.62. The number of carboxylic acids is 2. The second-order valence-electron chi connectivity index (χ2n) is 4.90. The highest BCUT2D eigenvalue weighted by Crippen LogP contribution is 1.96. The van der Waals surface area contributed by atoms with E-state index in [4.69, 9.17) is 39.2 Å². The Kier molecular flexibility index (Phi) is 13.4. The van der Waals surface area contributed by atoms with Gasteiger partial charge in [-0.1, -0.05) is 0 Å². The molecule has 2 atom stereocenters. The van der Waals surface area contributed by atoms with E-state index in [-0.39, 0.29) is 25.2 Å². The average Bonchev–Trinajstić information content (AvgIpc) is 3.19. The van der Waals surface area contributed by atoms with Gasteiger partial charge in [-0.2, -0.15) is 8.42 Å². The van der Waals surface area contributed by atoms with Crippen LogP contribution in [0.4, 0.5) is 0 Å². The minimum absolute atomic E-state index is 0. The molecule has 0 aliphatic rings. The Morgan fingerprint density at radius 1 is 0.929 bits per heavy atom. The highest BCUT2D eigenvalue weighted by molar-refractivity contribution is 7.79. The molecule has 2 aromatic heterocycles. The molecule has 0 aliphatic heterocycles. The zero-order chi connectivity index (χ0) is 21.0. The number of hydrogen-bond donors (Lipinski definition) is 8. The van der Waals surface area contributed by atoms with Crippen LogP contribution in [0.1, 0.15) is 11.4 Å². The number of aromatic amines is 2. The van der Waals surface area contributed by atoms with Crippen molar-refractivity contribution in [3.05, 3.63) is 36.4 Å². The molecule has 0 fully saturated rings. The second kappa shape index (κ2) is 13.6. The normalized spacial score (nSPS) is 12.1. The van der Waals surface area contributed by atoms with Crippen LogP contribution in [-0.4, -0.2) is 71.7 Å². The minimum Gasteiger partial charge on any atom is -0.480 e. The summed E-state index contributed by atoms with van der Waals surface area (Å²) >= 11 is 0. The molecule has 0 spiro atoms. The van der Waals surface area contributed by atoms with Crippen LogP contribution < -0.4 is 11.5 Å². The summed E-state index contributed by atoms with van der Waals surface area (Å²) < 4.78 is 31.6. The number of nitrogens with two attached hydrogens (primary N) is 2. The van der Waals surface area contributed by atoms with Gasteiger partial charge in [0.15, 0.2) is 0 Å². The summed E-state index contributed by atoms with van der Waals surface area (Å²) in [4.78, 5) is 33.5. The smallest absolute Gasteiger partial charge is 0.394 e. The summed E-state index contributed by atoms with van der Waals surface area (Å²) in [5, 5.41) is 16.8. The number of hydrogen-bond acceptors (Lipinski definition) is 8. The molecule has 160 valence electrons. The first-order valence-corrected chi connectivity index (χ1v) is 8.41. The van der Waals surface area contributed by atoms with Crippen molar-refractivity contribution in [2.24, 2.45) is 11.5 Å². The quantitative estimate of drug-likeness (QED) is 0.236. The lowest BCUT2D eigenvalue weighted by Crippen LogP contribution is -2.32. The number of nitrogens with zero attached hydrogens (tertiary/aromatic N) is 2. The van der Waals surface area contributed by atoms with Crippen molar-refractivity contribution >= 4 is 34.7 Å². The van der Waals surface area contributed by atoms with Crippen molar-refractivity contribution in [2.45, 2.75) is 24.9 Å². The Morgan fingerprint density at radius 2 is 1.21 bits per heavy atom. The molecule has 0 aliphatic carbocycles. The fraction of sp³-hybridized carbons (Fsp3) is 0.333. The zero-order valence-corrected chi connectivity index (χ0v) is 15.8. The Labute approximate surface area is 165 Å². The van der Waals surface area contributed by atoms with Gasteiger partial charge in [0.1, 0.15) is 12.1 Å². The number of H-pyrrole nitrogens is 2. The standard InChI is InChI=1S/2C6H9N3O2.ClH.H2O4S/c2*7-5(6(10)11)1-4-2-8-3-9-4;;1-5(2,3)4/h2*2-3,5H,1,7H2,(H,8,9)(H,10,11);1H;(H2,1,2,3,4). The lowest BCUT2D eigenvalue weighted by atomic mass is 10.2. The van der Waals surface area contributed by atoms with E-state index in [2.05, 4.69) is 19.9 Å². The summed E-state index contributed by atoms with van der Waals surface area (Å²) in [7, 11) is -4.67. The molecule has 0 aromatic carbocycles. The van der Waals surface area contributed by atoms with Crippen molar-refractivity contribution in [3.63, 3.8) is 0 Å². The molecule has 0 saturated heterocycles. The predicted octanol–water partition coefficient (Wildman–Crippen LogP) is -1.50. The van der Waals surface area contributed by atoms with Gasteiger partial charge in [-0.15, -0.1) is 12.4 Å². The number of imidazole rings is 2. The molecule has 28 heavy (non-hydrogen) atoms. The number of aliphatic carboxylic acids is 2. The Hall–Kier alpha value is -2.56. The molecule has 16 heteroatoms. The van der Waals surface area contributed by atoms with E-state index in [1.807, 2.05) is 0 Å². The summed E-state index contributed by atoms with van der Waals surface area (Å²) in [6.45, 7) is 0. The van der Waals surface area contributed by atoms with Gasteiger partial charge in [0.05, 0.1) is 12.7 Å². The maximum absolute atomic E-state index is 10.3. The van der Waals surface area contributed by atoms with Gasteiger partial charge >= 0.3 is 22.3 Å². The average molecular weight is 445 g/mol. The highest BCUT2D eigenvalue weighted by atomic mass is 35.5. The van der Waals surface area contributed by atoms with Crippen LogP contribution in [0.2, 0.25) is 0 Å². The summed E-state index contributed by atoms with van der Waals surface area (Å²) in [6, 6.07) is -1.70. The van der Waals surface area contributed by atoms with Gasteiger partial charge in [0.2, 0.25) is 0 Å². The highest BCUT2D eigenvalue weighted by Gasteiger charge is 2.12. The van der Waals surface area contributed by atoms with E-state index >= 15 is 0 Å². The van der Waals surface area contributed by atoms with Gasteiger partial charge < -0.3 is 31.6 Å². The Morgan fingerprint density at radius 3 is 1.39 bits per heavy atom. The lowest BCUT2D eigenvalue weighted by molar-refractivity contribution is -0.139. The number of carbonyl (C=O) groups is 2. The zero-order valence-electron chi connectivity index (χ0n) is 14.2. The van der Waals surface area contributed by atoms with Gasteiger partial charge in [-0.05, 0) is 0 Å². The van der Waals surface area contributed by atoms with Crippen molar-refractivity contribution in [1.82, 2.24) is 19.9 Å². The van der Waals surface area contributed by atoms with Gasteiger partial charge in [0.25, 0.3) is 0 Å². The maximum Gasteiger partial charge on any atom is 0.394 e. The summed E-state index contributed by atoms with van der Waals surface area (Å²) in [5.41, 5.74) is 12.0. The first-order chi connectivity index (χ1) is 12.4. The van der Waals surface area contributed by atoms with Crippen molar-refractivity contribution in [2.75, 3.05) is 0 Å². The molecule has 0 saturated carbocycles. The molecular formula is C12H21ClN6O8S. The summed E-state index contributed by atoms with van der Waals surface area (Å²) in [5.74, 6) is -2.00. The van der Waals surface area contributed by atoms with Gasteiger partial charge in [-0.25, -0.2) is 9.97 Å². The number of halogens is 1. The second-order valence-corrected chi connectivity index (χ2v) is 5.79. The van der Waals surface area contributed by atoms with Crippen LogP contribution in [-0.2, 0) is 32.8 Å². The lowest BCUT2D eigenvalue weighted by Gasteiger charge is -2.02. The molecule has 2 rings (SSSR count). The number of rotatable bonds is 6. The number of nitrogens with one attached hydrogen (secondary N) is 2. The third kappa shape index (κ3) is 15.7. The van der Waals surface area contributed by atoms with Crippen LogP contribution in [0.15, 0.2) is 25.0 Å². The Balaban J connectivity index is 0. The molecule has 0 amide bonds. The van der Waals surface area contributed by atoms with Crippen LogP contribution in [0.25, 0.3) is 0 Å². The van der Waals surface area contributed by atoms with E-state index < -0.39 is 34.4 Å². The van der Waals surface area contributed by atoms with E-state index in [0.717, 1.165) is 11.4 Å². The maximum atomic E-state index is 10.3. The van der Waals surface area contributed by atoms with Crippen LogP contribution in [0.5, 0.6) is 0 Å². The number of aromatic nitrogens is 4. The first-order valence-electron chi connectivity index (χ1n) is 7.01. The van der Waals surface area contributed by atoms with Gasteiger partial charge in [0, 0.05) is 36.6 Å². The number of carboxylic acid groups (broad SMARTS) is 2. The van der Waals surface area contributed by atoms with E-state index in [1.165, 1.54) is 12.7 Å². The minimum atomic E-state index is -4.67. The fourth-order valence-corrected chi connectivity index (χ4v) is 1.44. The topological polar surface area (TPSA) is 259 Å². The van der Waals surface area contributed by atoms with Crippen LogP contribution in [0, 0.1) is 0 Å². The largest absolute Gasteiger partial charge is 0.480 e. The van der Waals surface area contributed by atoms with Crippen LogP contribution in [0.3, 0.4) is 0 Å². The third-order valence-corrected chi connectivity index (χ3v) is 2.62. The van der Waals surface area contributed by atoms with Crippen molar-refractivity contribution in [1.29, 1.82) is 0 Å². The van der Waals surface area contributed by atoms with Crippen LogP contribution >= 0.6 is 12.4 Å². The molecular weight excluding hydrogens is 424 g/mol. The molecule has 14 nitrogen and oxygen atoms in total. The monoisotopic (exact) mass is 444 g/mol. The van der Waals surface area contributed by atoms with E-state index in [1.54, 1.807) is 12.4 Å². The Bertz CT molecular complexity index is 723. The van der Waals surface area contributed by atoms with Crippen molar-refractivity contribution < 1.29 is 37.3 Å². The van der Waals surface area contributed by atoms with E-state index in [9.17, 15) is 9.59 Å². The first kappa shape index (κ1) is 27.7. The van der Waals surface area contributed by atoms with Gasteiger partial charge in [-0.3, -0.25) is 18.7 Å². The summed E-state index contributed by atoms with van der Waals surface area (Å²) in [6.07, 6.45) is 6.67. The molecule has 2 unspecified atom stereocenters. The van der Waals surface area contributed by atoms with Crippen molar-refractivity contribution in [3.8, 4) is 0 Å². The molecule has 0 radical (unpaired) electrons.